The number of piperazine rings is 1. The summed E-state index contributed by atoms with van der Waals surface area (Å²) >= 11 is 1.51. The molecule has 0 spiro atoms. The van der Waals surface area contributed by atoms with Gasteiger partial charge in [-0.15, -0.1) is 11.3 Å². The summed E-state index contributed by atoms with van der Waals surface area (Å²) in [4.78, 5) is 17.4. The van der Waals surface area contributed by atoms with Gasteiger partial charge in [0.1, 0.15) is 0 Å². The Balaban J connectivity index is 1.54. The summed E-state index contributed by atoms with van der Waals surface area (Å²) in [5.41, 5.74) is 7.84. The average Bonchev–Trinajstić information content (AvgIpc) is 3.01. The fraction of sp³-hybridized carbons (Fsp3) is 0.312. The smallest absolute Gasteiger partial charge is 0.264 e. The lowest BCUT2D eigenvalue weighted by Gasteiger charge is -2.34. The second-order valence-corrected chi connectivity index (χ2v) is 6.24. The van der Waals surface area contributed by atoms with Gasteiger partial charge in [-0.05, 0) is 29.1 Å². The molecule has 1 aliphatic rings. The predicted octanol–water partition coefficient (Wildman–Crippen LogP) is 2.29. The van der Waals surface area contributed by atoms with Gasteiger partial charge in [0.25, 0.3) is 5.91 Å². The lowest BCUT2D eigenvalue weighted by Crippen LogP contribution is -2.48. The first-order valence-corrected chi connectivity index (χ1v) is 8.00. The lowest BCUT2D eigenvalue weighted by molar-refractivity contribution is 0.0633. The van der Waals surface area contributed by atoms with E-state index in [1.54, 1.807) is 0 Å². The Kier molecular flexibility index (Phi) is 4.22. The first-order chi connectivity index (χ1) is 10.2. The van der Waals surface area contributed by atoms with Crippen LogP contribution in [0.3, 0.4) is 0 Å². The van der Waals surface area contributed by atoms with Crippen LogP contribution in [0.25, 0.3) is 0 Å². The number of nitrogens with zero attached hydrogens (tertiary/aromatic N) is 2. The van der Waals surface area contributed by atoms with Crippen LogP contribution in [0.4, 0.5) is 5.69 Å². The van der Waals surface area contributed by atoms with Crippen molar-refractivity contribution in [2.45, 2.75) is 6.54 Å². The Morgan fingerprint density at radius 1 is 1.14 bits per heavy atom. The fourth-order valence-corrected chi connectivity index (χ4v) is 3.31. The molecule has 1 aromatic heterocycles. The number of anilines is 1. The topological polar surface area (TPSA) is 49.6 Å². The maximum absolute atomic E-state index is 12.3. The standard InChI is InChI=1S/C16H19N3OS/c17-14-4-1-3-13(11-14)12-18-6-8-19(9-7-18)16(20)15-5-2-10-21-15/h1-5,10-11H,6-9,12,17H2. The van der Waals surface area contributed by atoms with Gasteiger partial charge in [0.05, 0.1) is 4.88 Å². The van der Waals surface area contributed by atoms with Gasteiger partial charge in [0.2, 0.25) is 0 Å². The third kappa shape index (κ3) is 3.43. The fourth-order valence-electron chi connectivity index (χ4n) is 2.61. The number of hydrogen-bond donors (Lipinski definition) is 1. The van der Waals surface area contributed by atoms with Crippen molar-refractivity contribution in [3.63, 3.8) is 0 Å². The Labute approximate surface area is 128 Å². The maximum atomic E-state index is 12.3. The number of nitrogen functional groups attached to an aromatic ring is 1. The summed E-state index contributed by atoms with van der Waals surface area (Å²) in [5.74, 6) is 0.161. The molecule has 1 aliphatic heterocycles. The third-order valence-corrected chi connectivity index (χ3v) is 4.61. The molecule has 110 valence electrons. The highest BCUT2D eigenvalue weighted by Gasteiger charge is 2.22. The Morgan fingerprint density at radius 3 is 2.62 bits per heavy atom. The van der Waals surface area contributed by atoms with E-state index in [2.05, 4.69) is 11.0 Å². The van der Waals surface area contributed by atoms with E-state index in [0.29, 0.717) is 0 Å². The number of carbonyl (C=O) groups is 1. The number of rotatable bonds is 3. The van der Waals surface area contributed by atoms with Crippen LogP contribution >= 0.6 is 11.3 Å². The molecular formula is C16H19N3OS. The molecule has 21 heavy (non-hydrogen) atoms. The highest BCUT2D eigenvalue weighted by Crippen LogP contribution is 2.15. The number of benzene rings is 1. The molecule has 0 radical (unpaired) electrons. The minimum atomic E-state index is 0.161. The first-order valence-electron chi connectivity index (χ1n) is 7.12. The number of hydrogen-bond acceptors (Lipinski definition) is 4. The van der Waals surface area contributed by atoms with Crippen LogP contribution in [-0.2, 0) is 6.54 Å². The van der Waals surface area contributed by atoms with Crippen LogP contribution in [0.5, 0.6) is 0 Å². The van der Waals surface area contributed by atoms with Crippen molar-refractivity contribution < 1.29 is 4.79 Å². The first kappa shape index (κ1) is 14.1. The molecule has 2 aromatic rings. The van der Waals surface area contributed by atoms with E-state index >= 15 is 0 Å². The summed E-state index contributed by atoms with van der Waals surface area (Å²) < 4.78 is 0. The van der Waals surface area contributed by atoms with E-state index in [4.69, 9.17) is 5.73 Å². The third-order valence-electron chi connectivity index (χ3n) is 3.75. The molecule has 0 aliphatic carbocycles. The summed E-state index contributed by atoms with van der Waals surface area (Å²) in [7, 11) is 0. The van der Waals surface area contributed by atoms with Crippen LogP contribution in [-0.4, -0.2) is 41.9 Å². The van der Waals surface area contributed by atoms with Crippen molar-refractivity contribution >= 4 is 22.9 Å². The summed E-state index contributed by atoms with van der Waals surface area (Å²) in [6.45, 7) is 4.29. The summed E-state index contributed by atoms with van der Waals surface area (Å²) in [6.07, 6.45) is 0. The van der Waals surface area contributed by atoms with Gasteiger partial charge in [-0.25, -0.2) is 0 Å². The Hall–Kier alpha value is -1.85. The Morgan fingerprint density at radius 2 is 1.95 bits per heavy atom. The normalized spacial score (nSPS) is 16.1. The van der Waals surface area contributed by atoms with Crippen molar-refractivity contribution in [1.82, 2.24) is 9.80 Å². The van der Waals surface area contributed by atoms with Crippen molar-refractivity contribution in [2.24, 2.45) is 0 Å². The van der Waals surface area contributed by atoms with Crippen LogP contribution in [0.1, 0.15) is 15.2 Å². The monoisotopic (exact) mass is 301 g/mol. The molecule has 5 heteroatoms. The molecule has 1 saturated heterocycles. The highest BCUT2D eigenvalue weighted by molar-refractivity contribution is 7.12. The summed E-state index contributed by atoms with van der Waals surface area (Å²) in [6, 6.07) is 11.8. The average molecular weight is 301 g/mol. The van der Waals surface area contributed by atoms with Gasteiger partial charge < -0.3 is 10.6 Å². The predicted molar refractivity (Wildman–Crippen MR) is 86.4 cm³/mol. The molecule has 2 N–H and O–H groups in total. The molecule has 0 unspecified atom stereocenters. The zero-order valence-corrected chi connectivity index (χ0v) is 12.7. The van der Waals surface area contributed by atoms with Crippen LogP contribution in [0, 0.1) is 0 Å². The molecule has 0 saturated carbocycles. The zero-order valence-electron chi connectivity index (χ0n) is 11.9. The van der Waals surface area contributed by atoms with Crippen molar-refractivity contribution in [1.29, 1.82) is 0 Å². The second-order valence-electron chi connectivity index (χ2n) is 5.29. The SMILES string of the molecule is Nc1cccc(CN2CCN(C(=O)c3cccs3)CC2)c1. The van der Waals surface area contributed by atoms with Gasteiger partial charge in [0.15, 0.2) is 0 Å². The maximum Gasteiger partial charge on any atom is 0.264 e. The van der Waals surface area contributed by atoms with Crippen LogP contribution in [0.2, 0.25) is 0 Å². The molecule has 2 heterocycles. The number of amides is 1. The number of thiophene rings is 1. The molecule has 1 fully saturated rings. The van der Waals surface area contributed by atoms with E-state index < -0.39 is 0 Å². The second kappa shape index (κ2) is 6.28. The van der Waals surface area contributed by atoms with Crippen LogP contribution in [0.15, 0.2) is 41.8 Å². The minimum absolute atomic E-state index is 0.161. The van der Waals surface area contributed by atoms with Crippen LogP contribution < -0.4 is 5.73 Å². The number of carbonyl (C=O) groups excluding carboxylic acids is 1. The van der Waals surface area contributed by atoms with Crippen molar-refractivity contribution in [3.8, 4) is 0 Å². The highest BCUT2D eigenvalue weighted by atomic mass is 32.1. The molecule has 4 nitrogen and oxygen atoms in total. The van der Waals surface area contributed by atoms with E-state index in [1.807, 2.05) is 40.6 Å². The van der Waals surface area contributed by atoms with Gasteiger partial charge in [-0.2, -0.15) is 0 Å². The van der Waals surface area contributed by atoms with Gasteiger partial charge in [-0.3, -0.25) is 9.69 Å². The van der Waals surface area contributed by atoms with Crippen molar-refractivity contribution in [3.05, 3.63) is 52.2 Å². The van der Waals surface area contributed by atoms with Gasteiger partial charge >= 0.3 is 0 Å². The molecule has 3 rings (SSSR count). The van der Waals surface area contributed by atoms with Crippen molar-refractivity contribution in [2.75, 3.05) is 31.9 Å². The summed E-state index contributed by atoms with van der Waals surface area (Å²) in [5, 5.41) is 1.95. The molecule has 0 atom stereocenters. The van der Waals surface area contributed by atoms with E-state index in [9.17, 15) is 4.79 Å². The van der Waals surface area contributed by atoms with Gasteiger partial charge in [-0.1, -0.05) is 18.2 Å². The largest absolute Gasteiger partial charge is 0.399 e. The zero-order chi connectivity index (χ0) is 14.7. The van der Waals surface area contributed by atoms with E-state index in [1.165, 1.54) is 16.9 Å². The molecule has 0 bridgehead atoms. The minimum Gasteiger partial charge on any atom is -0.399 e. The molecular weight excluding hydrogens is 282 g/mol. The number of nitrogens with two attached hydrogens (primary N) is 1. The van der Waals surface area contributed by atoms with E-state index in [-0.39, 0.29) is 5.91 Å². The lowest BCUT2D eigenvalue weighted by atomic mass is 10.1. The molecule has 1 aromatic carbocycles. The quantitative estimate of drug-likeness (QED) is 0.885. The molecule has 1 amide bonds. The van der Waals surface area contributed by atoms with E-state index in [0.717, 1.165) is 43.3 Å². The van der Waals surface area contributed by atoms with Gasteiger partial charge in [0, 0.05) is 38.4 Å². The Bertz CT molecular complexity index is 604.